The Balaban J connectivity index is 3.58. The summed E-state index contributed by atoms with van der Waals surface area (Å²) in [4.78, 5) is 0. The van der Waals surface area contributed by atoms with Gasteiger partial charge in [0.15, 0.2) is 0 Å². The van der Waals surface area contributed by atoms with E-state index >= 15 is 0 Å². The molecule has 0 aliphatic rings. The van der Waals surface area contributed by atoms with Crippen molar-refractivity contribution in [3.63, 3.8) is 0 Å². The van der Waals surface area contributed by atoms with Gasteiger partial charge in [-0.3, -0.25) is 0 Å². The first kappa shape index (κ1) is 8.88. The van der Waals surface area contributed by atoms with Crippen LogP contribution in [0.1, 0.15) is 20.3 Å². The van der Waals surface area contributed by atoms with Crippen molar-refractivity contribution in [1.29, 1.82) is 0 Å². The first-order valence-corrected chi connectivity index (χ1v) is 3.22. The summed E-state index contributed by atoms with van der Waals surface area (Å²) in [6, 6.07) is 0.142. The summed E-state index contributed by atoms with van der Waals surface area (Å²) in [5.41, 5.74) is 16.3. The highest BCUT2D eigenvalue weighted by atomic mass is 14.8. The second-order valence-corrected chi connectivity index (χ2v) is 3.04. The fraction of sp³-hybridized carbons (Fsp3) is 1.00. The lowest BCUT2D eigenvalue weighted by molar-refractivity contribution is 0.410. The molecule has 0 aliphatic heterocycles. The third kappa shape index (κ3) is 4.39. The van der Waals surface area contributed by atoms with Crippen LogP contribution < -0.4 is 17.2 Å². The molecule has 0 saturated heterocycles. The molecule has 6 N–H and O–H groups in total. The molecule has 9 heavy (non-hydrogen) atoms. The molecule has 0 spiro atoms. The molecule has 2 unspecified atom stereocenters. The van der Waals surface area contributed by atoms with Gasteiger partial charge in [-0.05, 0) is 20.3 Å². The molecule has 0 amide bonds. The van der Waals surface area contributed by atoms with E-state index in [2.05, 4.69) is 0 Å². The molecule has 0 aromatic carbocycles. The zero-order valence-electron chi connectivity index (χ0n) is 6.22. The largest absolute Gasteiger partial charge is 0.329 e. The first-order chi connectivity index (χ1) is 3.98. The van der Waals surface area contributed by atoms with E-state index in [-0.39, 0.29) is 11.6 Å². The molecule has 0 heterocycles. The van der Waals surface area contributed by atoms with Crippen LogP contribution in [0.3, 0.4) is 0 Å². The van der Waals surface area contributed by atoms with E-state index in [1.807, 2.05) is 13.8 Å². The van der Waals surface area contributed by atoms with Gasteiger partial charge in [-0.15, -0.1) is 0 Å². The van der Waals surface area contributed by atoms with Gasteiger partial charge in [0.05, 0.1) is 0 Å². The molecule has 0 aliphatic carbocycles. The van der Waals surface area contributed by atoms with Crippen molar-refractivity contribution in [3.8, 4) is 0 Å². The van der Waals surface area contributed by atoms with Crippen molar-refractivity contribution in [2.24, 2.45) is 17.2 Å². The SMILES string of the molecule is CC(N)CC(C)(N)CN. The molecule has 0 fully saturated rings. The van der Waals surface area contributed by atoms with Crippen LogP contribution in [-0.2, 0) is 0 Å². The average molecular weight is 131 g/mol. The first-order valence-electron chi connectivity index (χ1n) is 3.22. The minimum atomic E-state index is -0.284. The van der Waals surface area contributed by atoms with Gasteiger partial charge in [0, 0.05) is 18.1 Å². The molecule has 0 aromatic heterocycles. The van der Waals surface area contributed by atoms with Crippen molar-refractivity contribution in [2.75, 3.05) is 6.54 Å². The van der Waals surface area contributed by atoms with E-state index in [0.29, 0.717) is 6.54 Å². The van der Waals surface area contributed by atoms with Gasteiger partial charge in [-0.25, -0.2) is 0 Å². The van der Waals surface area contributed by atoms with Crippen molar-refractivity contribution in [3.05, 3.63) is 0 Å². The van der Waals surface area contributed by atoms with E-state index in [1.165, 1.54) is 0 Å². The molecule has 0 rings (SSSR count). The summed E-state index contributed by atoms with van der Waals surface area (Å²) < 4.78 is 0. The van der Waals surface area contributed by atoms with Crippen LogP contribution in [0, 0.1) is 0 Å². The molecule has 0 aromatic rings. The lowest BCUT2D eigenvalue weighted by Crippen LogP contribution is -2.47. The topological polar surface area (TPSA) is 78.1 Å². The summed E-state index contributed by atoms with van der Waals surface area (Å²) in [6.07, 6.45) is 0.781. The summed E-state index contributed by atoms with van der Waals surface area (Å²) in [7, 11) is 0. The number of rotatable bonds is 3. The molecular weight excluding hydrogens is 114 g/mol. The van der Waals surface area contributed by atoms with Gasteiger partial charge < -0.3 is 17.2 Å². The van der Waals surface area contributed by atoms with E-state index < -0.39 is 0 Å². The summed E-state index contributed by atoms with van der Waals surface area (Å²) in [6.45, 7) is 4.34. The van der Waals surface area contributed by atoms with Crippen LogP contribution in [-0.4, -0.2) is 18.1 Å². The maximum Gasteiger partial charge on any atom is 0.0264 e. The average Bonchev–Trinajstić information content (AvgIpc) is 1.63. The Labute approximate surface area is 56.6 Å². The maximum atomic E-state index is 5.71. The van der Waals surface area contributed by atoms with Gasteiger partial charge in [-0.2, -0.15) is 0 Å². The van der Waals surface area contributed by atoms with E-state index in [4.69, 9.17) is 17.2 Å². The van der Waals surface area contributed by atoms with Crippen molar-refractivity contribution in [1.82, 2.24) is 0 Å². The Hall–Kier alpha value is -0.120. The second kappa shape index (κ2) is 3.15. The standard InChI is InChI=1S/C6H17N3/c1-5(8)3-6(2,9)4-7/h5H,3-4,7-9H2,1-2H3. The van der Waals surface area contributed by atoms with Crippen LogP contribution in [0.2, 0.25) is 0 Å². The van der Waals surface area contributed by atoms with Crippen molar-refractivity contribution in [2.45, 2.75) is 31.8 Å². The quantitative estimate of drug-likeness (QED) is 0.478. The minimum absolute atomic E-state index is 0.142. The van der Waals surface area contributed by atoms with Crippen molar-refractivity contribution >= 4 is 0 Å². The number of hydrogen-bond acceptors (Lipinski definition) is 3. The maximum absolute atomic E-state index is 5.71. The molecule has 0 saturated carbocycles. The van der Waals surface area contributed by atoms with Crippen LogP contribution in [0.4, 0.5) is 0 Å². The fourth-order valence-electron chi connectivity index (χ4n) is 0.819. The van der Waals surface area contributed by atoms with Gasteiger partial charge in [0.1, 0.15) is 0 Å². The molecular formula is C6H17N3. The zero-order chi connectivity index (χ0) is 7.49. The molecule has 56 valence electrons. The Kier molecular flexibility index (Phi) is 3.11. The van der Waals surface area contributed by atoms with Gasteiger partial charge in [0.2, 0.25) is 0 Å². The summed E-state index contributed by atoms with van der Waals surface area (Å²) >= 11 is 0. The third-order valence-corrected chi connectivity index (χ3v) is 1.25. The summed E-state index contributed by atoms with van der Waals surface area (Å²) in [5.74, 6) is 0. The highest BCUT2D eigenvalue weighted by Crippen LogP contribution is 2.04. The number of nitrogens with two attached hydrogens (primary N) is 3. The van der Waals surface area contributed by atoms with Gasteiger partial charge >= 0.3 is 0 Å². The molecule has 3 nitrogen and oxygen atoms in total. The van der Waals surface area contributed by atoms with Crippen LogP contribution in [0.5, 0.6) is 0 Å². The molecule has 0 bridgehead atoms. The smallest absolute Gasteiger partial charge is 0.0264 e. The van der Waals surface area contributed by atoms with Crippen LogP contribution >= 0.6 is 0 Å². The predicted octanol–water partition coefficient (Wildman–Crippen LogP) is -0.600. The highest BCUT2D eigenvalue weighted by Gasteiger charge is 2.17. The number of hydrogen-bond donors (Lipinski definition) is 3. The highest BCUT2D eigenvalue weighted by molar-refractivity contribution is 4.82. The summed E-state index contributed by atoms with van der Waals surface area (Å²) in [5, 5.41) is 0. The molecule has 3 heteroatoms. The van der Waals surface area contributed by atoms with Gasteiger partial charge in [-0.1, -0.05) is 0 Å². The second-order valence-electron chi connectivity index (χ2n) is 3.04. The lowest BCUT2D eigenvalue weighted by atomic mass is 9.96. The Bertz CT molecular complexity index is 78.4. The predicted molar refractivity (Wildman–Crippen MR) is 39.9 cm³/mol. The Morgan fingerprint density at radius 3 is 2.11 bits per heavy atom. The van der Waals surface area contributed by atoms with Gasteiger partial charge in [0.25, 0.3) is 0 Å². The Morgan fingerprint density at radius 2 is 2.00 bits per heavy atom. The fourth-order valence-corrected chi connectivity index (χ4v) is 0.819. The van der Waals surface area contributed by atoms with Crippen molar-refractivity contribution < 1.29 is 0 Å². The van der Waals surface area contributed by atoms with E-state index in [0.717, 1.165) is 6.42 Å². The molecule has 2 atom stereocenters. The van der Waals surface area contributed by atoms with E-state index in [9.17, 15) is 0 Å². The van der Waals surface area contributed by atoms with E-state index in [1.54, 1.807) is 0 Å². The molecule has 0 radical (unpaired) electrons. The zero-order valence-corrected chi connectivity index (χ0v) is 6.22. The normalized spacial score (nSPS) is 21.0. The minimum Gasteiger partial charge on any atom is -0.329 e. The van der Waals surface area contributed by atoms with Crippen LogP contribution in [0.25, 0.3) is 0 Å². The lowest BCUT2D eigenvalue weighted by Gasteiger charge is -2.23. The third-order valence-electron chi connectivity index (χ3n) is 1.25. The monoisotopic (exact) mass is 131 g/mol. The Morgan fingerprint density at radius 1 is 1.56 bits per heavy atom. The van der Waals surface area contributed by atoms with Crippen LogP contribution in [0.15, 0.2) is 0 Å².